The maximum absolute atomic E-state index is 12.9. The summed E-state index contributed by atoms with van der Waals surface area (Å²) in [4.78, 5) is 21.6. The molecule has 0 fully saturated rings. The Hall–Kier alpha value is -4.37. The average Bonchev–Trinajstić information content (AvgIpc) is 3.57. The van der Waals surface area contributed by atoms with Gasteiger partial charge in [0.25, 0.3) is 5.91 Å². The predicted octanol–water partition coefficient (Wildman–Crippen LogP) is 4.88. The van der Waals surface area contributed by atoms with Crippen molar-refractivity contribution in [1.29, 1.82) is 0 Å². The van der Waals surface area contributed by atoms with E-state index < -0.39 is 0 Å². The summed E-state index contributed by atoms with van der Waals surface area (Å²) in [5.41, 5.74) is 4.80. The average molecular weight is 437 g/mol. The number of carbonyl (C=O) groups is 1. The van der Waals surface area contributed by atoms with Crippen molar-refractivity contribution in [3.8, 4) is 22.6 Å². The Labute approximate surface area is 185 Å². The number of carbonyl (C=O) groups excluding carboxylic acids is 1. The second kappa shape index (κ2) is 7.40. The van der Waals surface area contributed by atoms with Crippen molar-refractivity contribution in [3.63, 3.8) is 0 Å². The number of nitrogens with zero attached hydrogens (tertiary/aromatic N) is 4. The van der Waals surface area contributed by atoms with Crippen LogP contribution >= 0.6 is 11.3 Å². The van der Waals surface area contributed by atoms with Gasteiger partial charge in [-0.3, -0.25) is 20.3 Å². The van der Waals surface area contributed by atoms with Crippen LogP contribution in [-0.2, 0) is 0 Å². The van der Waals surface area contributed by atoms with E-state index in [9.17, 15) is 4.79 Å². The van der Waals surface area contributed by atoms with E-state index in [1.807, 2.05) is 60.7 Å². The second-order valence-corrected chi connectivity index (χ2v) is 8.22. The van der Waals surface area contributed by atoms with Crippen LogP contribution < -0.4 is 5.32 Å². The fraction of sp³-hybridized carbons (Fsp3) is 0. The minimum absolute atomic E-state index is 0.215. The van der Waals surface area contributed by atoms with Crippen LogP contribution in [0.1, 0.15) is 10.4 Å². The number of amides is 1. The van der Waals surface area contributed by atoms with Gasteiger partial charge in [0.2, 0.25) is 0 Å². The molecular weight excluding hydrogens is 422 g/mol. The largest absolute Gasteiger partial charge is 0.298 e. The standard InChI is InChI=1S/C23H15N7OS/c31-22(27-23-26-18-6-1-2-7-19(18)32-23)15-5-3-4-13(10-15)20-16-11-14(21-24-12-25-30-21)8-9-17(16)28-29-20/h1-12H,(H,28,29)(H,24,25,30)(H,26,27,31). The molecule has 6 rings (SSSR count). The molecular formula is C23H15N7OS. The Morgan fingerprint density at radius 3 is 2.75 bits per heavy atom. The molecule has 0 saturated carbocycles. The van der Waals surface area contributed by atoms with Crippen LogP contribution in [0.25, 0.3) is 43.8 Å². The molecule has 3 aromatic carbocycles. The van der Waals surface area contributed by atoms with Gasteiger partial charge >= 0.3 is 0 Å². The van der Waals surface area contributed by atoms with Crippen molar-refractivity contribution in [2.45, 2.75) is 0 Å². The molecule has 3 aromatic heterocycles. The smallest absolute Gasteiger partial charge is 0.257 e. The summed E-state index contributed by atoms with van der Waals surface area (Å²) in [6, 6.07) is 21.1. The van der Waals surface area contributed by atoms with Crippen molar-refractivity contribution in [1.82, 2.24) is 30.4 Å². The SMILES string of the molecule is O=C(Nc1nc2ccccc2s1)c1cccc(-c2n[nH]c3ccc(-c4ncn[nH]4)cc23)c1. The molecule has 9 heteroatoms. The molecule has 1 amide bonds. The highest BCUT2D eigenvalue weighted by Crippen LogP contribution is 2.30. The van der Waals surface area contributed by atoms with Gasteiger partial charge in [0, 0.05) is 22.1 Å². The van der Waals surface area contributed by atoms with E-state index >= 15 is 0 Å². The van der Waals surface area contributed by atoms with Crippen LogP contribution in [0.5, 0.6) is 0 Å². The number of benzene rings is 3. The van der Waals surface area contributed by atoms with Crippen molar-refractivity contribution < 1.29 is 4.79 Å². The normalized spacial score (nSPS) is 11.2. The summed E-state index contributed by atoms with van der Waals surface area (Å²) in [6.07, 6.45) is 1.48. The molecule has 8 nitrogen and oxygen atoms in total. The number of aromatic nitrogens is 6. The topological polar surface area (TPSA) is 112 Å². The van der Waals surface area contributed by atoms with Crippen molar-refractivity contribution in [3.05, 3.63) is 78.6 Å². The lowest BCUT2D eigenvalue weighted by atomic mass is 10.0. The molecule has 32 heavy (non-hydrogen) atoms. The maximum atomic E-state index is 12.9. The number of hydrogen-bond acceptors (Lipinski definition) is 6. The summed E-state index contributed by atoms with van der Waals surface area (Å²) in [5.74, 6) is 0.469. The first-order chi connectivity index (χ1) is 15.7. The Balaban J connectivity index is 1.34. The van der Waals surface area contributed by atoms with Gasteiger partial charge in [-0.1, -0.05) is 35.6 Å². The van der Waals surface area contributed by atoms with E-state index in [-0.39, 0.29) is 5.91 Å². The summed E-state index contributed by atoms with van der Waals surface area (Å²) >= 11 is 1.45. The third kappa shape index (κ3) is 3.21. The first-order valence-corrected chi connectivity index (χ1v) is 10.7. The van der Waals surface area contributed by atoms with E-state index in [0.717, 1.165) is 37.9 Å². The fourth-order valence-electron chi connectivity index (χ4n) is 3.63. The first-order valence-electron chi connectivity index (χ1n) is 9.86. The molecule has 0 aliphatic rings. The summed E-state index contributed by atoms with van der Waals surface area (Å²) < 4.78 is 1.03. The van der Waals surface area contributed by atoms with Gasteiger partial charge in [-0.05, 0) is 42.5 Å². The van der Waals surface area contributed by atoms with Gasteiger partial charge < -0.3 is 0 Å². The molecule has 6 aromatic rings. The number of aromatic amines is 2. The first kappa shape index (κ1) is 18.4. The van der Waals surface area contributed by atoms with Crippen LogP contribution in [-0.4, -0.2) is 36.3 Å². The lowest BCUT2D eigenvalue weighted by Gasteiger charge is -2.05. The summed E-state index contributed by atoms with van der Waals surface area (Å²) in [6.45, 7) is 0. The van der Waals surface area contributed by atoms with Crippen LogP contribution in [0, 0.1) is 0 Å². The van der Waals surface area contributed by atoms with E-state index in [4.69, 9.17) is 0 Å². The highest BCUT2D eigenvalue weighted by Gasteiger charge is 2.14. The lowest BCUT2D eigenvalue weighted by Crippen LogP contribution is -2.11. The quantitative estimate of drug-likeness (QED) is 0.364. The van der Waals surface area contributed by atoms with Crippen LogP contribution in [0.3, 0.4) is 0 Å². The number of fused-ring (bicyclic) bond motifs is 2. The number of rotatable bonds is 4. The van der Waals surface area contributed by atoms with E-state index in [2.05, 4.69) is 35.7 Å². The van der Waals surface area contributed by atoms with Crippen molar-refractivity contribution >= 4 is 43.5 Å². The predicted molar refractivity (Wildman–Crippen MR) is 124 cm³/mol. The second-order valence-electron chi connectivity index (χ2n) is 7.19. The van der Waals surface area contributed by atoms with Gasteiger partial charge in [0.15, 0.2) is 11.0 Å². The zero-order chi connectivity index (χ0) is 21.5. The lowest BCUT2D eigenvalue weighted by molar-refractivity contribution is 0.102. The van der Waals surface area contributed by atoms with Gasteiger partial charge in [-0.2, -0.15) is 10.2 Å². The van der Waals surface area contributed by atoms with Crippen molar-refractivity contribution in [2.75, 3.05) is 5.32 Å². The molecule has 0 spiro atoms. The molecule has 154 valence electrons. The zero-order valence-electron chi connectivity index (χ0n) is 16.5. The summed E-state index contributed by atoms with van der Waals surface area (Å²) in [5, 5.41) is 18.8. The Bertz CT molecular complexity index is 1550. The Morgan fingerprint density at radius 2 is 1.88 bits per heavy atom. The summed E-state index contributed by atoms with van der Waals surface area (Å²) in [7, 11) is 0. The highest BCUT2D eigenvalue weighted by atomic mass is 32.1. The number of thiazole rings is 1. The van der Waals surface area contributed by atoms with Crippen LogP contribution in [0.15, 0.2) is 73.1 Å². The van der Waals surface area contributed by atoms with Gasteiger partial charge in [0.1, 0.15) is 6.33 Å². The van der Waals surface area contributed by atoms with Gasteiger partial charge in [-0.25, -0.2) is 9.97 Å². The zero-order valence-corrected chi connectivity index (χ0v) is 17.4. The van der Waals surface area contributed by atoms with Gasteiger partial charge in [-0.15, -0.1) is 0 Å². The number of hydrogen-bond donors (Lipinski definition) is 3. The minimum atomic E-state index is -0.215. The molecule has 0 aliphatic heterocycles. The third-order valence-electron chi connectivity index (χ3n) is 5.16. The minimum Gasteiger partial charge on any atom is -0.298 e. The van der Waals surface area contributed by atoms with Crippen molar-refractivity contribution in [2.24, 2.45) is 0 Å². The molecule has 0 saturated heterocycles. The molecule has 0 unspecified atom stereocenters. The monoisotopic (exact) mass is 437 g/mol. The Kier molecular flexibility index (Phi) is 4.25. The number of nitrogens with one attached hydrogen (secondary N) is 3. The molecule has 0 aliphatic carbocycles. The van der Waals surface area contributed by atoms with E-state index in [0.29, 0.717) is 16.5 Å². The molecule has 0 atom stereocenters. The Morgan fingerprint density at radius 1 is 0.938 bits per heavy atom. The van der Waals surface area contributed by atoms with E-state index in [1.165, 1.54) is 17.7 Å². The van der Waals surface area contributed by atoms with Gasteiger partial charge in [0.05, 0.1) is 21.4 Å². The molecule has 0 radical (unpaired) electrons. The maximum Gasteiger partial charge on any atom is 0.257 e. The number of H-pyrrole nitrogens is 2. The third-order valence-corrected chi connectivity index (χ3v) is 6.12. The number of para-hydroxylation sites is 1. The van der Waals surface area contributed by atoms with E-state index in [1.54, 1.807) is 6.07 Å². The molecule has 0 bridgehead atoms. The van der Waals surface area contributed by atoms with Crippen LogP contribution in [0.2, 0.25) is 0 Å². The van der Waals surface area contributed by atoms with Crippen LogP contribution in [0.4, 0.5) is 5.13 Å². The highest BCUT2D eigenvalue weighted by molar-refractivity contribution is 7.22. The molecule has 3 N–H and O–H groups in total. The fourth-order valence-corrected chi connectivity index (χ4v) is 4.49. The number of anilines is 1. The molecule has 3 heterocycles.